The van der Waals surface area contributed by atoms with Crippen LogP contribution >= 0.6 is 116 Å². The molecule has 0 spiro atoms. The highest BCUT2D eigenvalue weighted by Crippen LogP contribution is 2.42. The molecule has 0 saturated carbocycles. The zero-order valence-electron chi connectivity index (χ0n) is 66.6. The van der Waals surface area contributed by atoms with Gasteiger partial charge in [0.2, 0.25) is 0 Å². The van der Waals surface area contributed by atoms with E-state index < -0.39 is 0 Å². The molecule has 12 rings (SSSR count). The van der Waals surface area contributed by atoms with Gasteiger partial charge in [0.05, 0.1) is 9.79 Å². The molecule has 20 heteroatoms. The molecule has 0 radical (unpaired) electrons. The van der Waals surface area contributed by atoms with Crippen LogP contribution in [0, 0.1) is 48.7 Å². The number of nitrogens with one attached hydrogen (secondary N) is 4. The Morgan fingerprint density at radius 2 is 0.500 bits per heavy atom. The third-order valence-electron chi connectivity index (χ3n) is 16.7. The molecule has 0 aliphatic rings. The molecule has 0 aliphatic heterocycles. The van der Waals surface area contributed by atoms with Gasteiger partial charge in [-0.2, -0.15) is 0 Å². The zero-order valence-corrected chi connectivity index (χ0v) is 75.9. The van der Waals surface area contributed by atoms with Crippen molar-refractivity contribution in [1.29, 1.82) is 0 Å². The largest absolute Gasteiger partial charge is 0.507 e. The first-order chi connectivity index (χ1) is 53.7. The van der Waals surface area contributed by atoms with Crippen molar-refractivity contribution in [1.82, 2.24) is 31.1 Å². The van der Waals surface area contributed by atoms with Crippen molar-refractivity contribution in [3.8, 4) is 11.5 Å². The number of halogens is 2. The maximum absolute atomic E-state index is 9.94. The normalized spacial score (nSPS) is 10.7. The van der Waals surface area contributed by atoms with Crippen molar-refractivity contribution < 1.29 is 10.2 Å². The van der Waals surface area contributed by atoms with Crippen molar-refractivity contribution in [3.05, 3.63) is 317 Å². The second-order valence-electron chi connectivity index (χ2n) is 27.2. The van der Waals surface area contributed by atoms with Gasteiger partial charge >= 0.3 is 0 Å². The van der Waals surface area contributed by atoms with Gasteiger partial charge in [0.1, 0.15) is 11.5 Å². The van der Waals surface area contributed by atoms with E-state index in [1.807, 2.05) is 109 Å². The molecule has 0 bridgehead atoms. The highest BCUT2D eigenvalue weighted by molar-refractivity contribution is 14.1. The number of hydrogen-bond acceptors (Lipinski definition) is 18. The van der Waals surface area contributed by atoms with Crippen LogP contribution in [0.2, 0.25) is 0 Å². The molecule has 12 aromatic rings. The molecule has 0 aromatic heterocycles. The number of nitrogens with two attached hydrogens (primary N) is 4. The van der Waals surface area contributed by atoms with E-state index in [0.29, 0.717) is 11.5 Å². The summed E-state index contributed by atoms with van der Waals surface area (Å²) >= 11 is 14.9. The van der Waals surface area contributed by atoms with Crippen LogP contribution in [-0.4, -0.2) is 76.4 Å². The first-order valence-corrected chi connectivity index (χ1v) is 43.7. The monoisotopic (exact) mass is 1830 g/mol. The summed E-state index contributed by atoms with van der Waals surface area (Å²) in [4.78, 5) is 18.0. The van der Waals surface area contributed by atoms with E-state index in [0.717, 1.165) is 103 Å². The average molecular weight is 1830 g/mol. The van der Waals surface area contributed by atoms with Gasteiger partial charge in [-0.15, -0.1) is 0 Å². The Bertz CT molecular complexity index is 4740. The Hall–Kier alpha value is -7.24. The van der Waals surface area contributed by atoms with E-state index >= 15 is 0 Å². The number of rotatable bonds is 24. The van der Waals surface area contributed by atoms with Crippen LogP contribution in [0.25, 0.3) is 0 Å². The fourth-order valence-corrected chi connectivity index (χ4v) is 18.3. The van der Waals surface area contributed by atoms with Crippen molar-refractivity contribution in [2.75, 3.05) is 79.3 Å². The molecule has 588 valence electrons. The molecular formula is C92H108I2N10O2S6. The minimum absolute atomic E-state index is 0.347. The van der Waals surface area contributed by atoms with Gasteiger partial charge in [0.25, 0.3) is 0 Å². The van der Waals surface area contributed by atoms with Gasteiger partial charge in [-0.1, -0.05) is 204 Å². The summed E-state index contributed by atoms with van der Waals surface area (Å²) in [5.41, 5.74) is 42.6. The Morgan fingerprint density at radius 3 is 0.759 bits per heavy atom. The van der Waals surface area contributed by atoms with Crippen LogP contribution in [0.1, 0.15) is 66.8 Å². The number of nitrogen functional groups attached to an aromatic ring is 4. The summed E-state index contributed by atoms with van der Waals surface area (Å²) in [6, 6.07) is 82.7. The molecule has 0 aliphatic carbocycles. The van der Waals surface area contributed by atoms with Crippen LogP contribution < -0.4 is 44.2 Å². The fraction of sp³-hybridized carbons (Fsp3) is 0.217. The SMILES string of the molecule is CNCc1ccccc1Sc1cc(I)c(C)cc1N.CNCc1ccccc1Sc1ccc(C)cc1N.CNCc1ccccc1Sc1ccc(C)cc1O.CNCc1ccccc1Sc1ccc(C)cc1O.Cc1cc(N)c(Sc2ccccc2CN(C)C)cc1I.Cc1ccc(Sc2ccccc2CN(C)C)c(N)c1. The Balaban J connectivity index is 0.000000187. The number of aromatic hydroxyl groups is 2. The summed E-state index contributed by atoms with van der Waals surface area (Å²) in [6.45, 7) is 17.5. The third kappa shape index (κ3) is 30.5. The van der Waals surface area contributed by atoms with E-state index in [2.05, 4.69) is 296 Å². The molecule has 12 nitrogen and oxygen atoms in total. The predicted octanol–water partition coefficient (Wildman–Crippen LogP) is 22.8. The molecule has 0 fully saturated rings. The summed E-state index contributed by atoms with van der Waals surface area (Å²) in [6.07, 6.45) is 0. The molecule has 14 N–H and O–H groups in total. The number of hydrogen-bond donors (Lipinski definition) is 10. The van der Waals surface area contributed by atoms with Gasteiger partial charge in [-0.3, -0.25) is 0 Å². The van der Waals surface area contributed by atoms with Crippen LogP contribution in [0.15, 0.2) is 301 Å². The maximum Gasteiger partial charge on any atom is 0.129 e. The van der Waals surface area contributed by atoms with Gasteiger partial charge in [-0.25, -0.2) is 0 Å². The lowest BCUT2D eigenvalue weighted by Gasteiger charge is -2.15. The second kappa shape index (κ2) is 48.2. The van der Waals surface area contributed by atoms with E-state index in [4.69, 9.17) is 22.9 Å². The van der Waals surface area contributed by atoms with Crippen LogP contribution in [0.5, 0.6) is 11.5 Å². The molecule has 0 heterocycles. The minimum Gasteiger partial charge on any atom is -0.507 e. The molecule has 112 heavy (non-hydrogen) atoms. The van der Waals surface area contributed by atoms with Crippen molar-refractivity contribution >= 4 is 139 Å². The van der Waals surface area contributed by atoms with E-state index in [1.165, 1.54) is 92.1 Å². The Labute approximate surface area is 719 Å². The predicted molar refractivity (Wildman–Crippen MR) is 503 cm³/mol. The van der Waals surface area contributed by atoms with Gasteiger partial charge in [0, 0.05) is 118 Å². The Morgan fingerprint density at radius 1 is 0.277 bits per heavy atom. The first kappa shape index (κ1) is 91.9. The second-order valence-corrected chi connectivity index (χ2v) is 36.0. The topological polar surface area (TPSA) is 199 Å². The number of phenols is 2. The van der Waals surface area contributed by atoms with Crippen LogP contribution in [0.3, 0.4) is 0 Å². The smallest absolute Gasteiger partial charge is 0.129 e. The standard InChI is InChI=1S/C16H19IN2S.C16H20N2S.C15H17IN2S.C15H18N2S.2C15H17NOS/c1-11-8-14(18)16(9-13(11)17)20-15-7-5-4-6-12(15)10-19(2)3;1-12-8-9-16(14(17)10-12)19-15-7-5-4-6-13(15)11-18(2)3;1-10-7-13(17)15(8-12(10)16)19-14-6-4-3-5-11(14)9-18-2;1-11-7-8-15(13(16)9-11)18-14-6-4-3-5-12(14)10-17-2;2*1-11-7-8-15(13(17)9-11)18-14-6-4-3-5-12(14)10-16-2/h4-9H,10,18H2,1-3H3;4-10H,11,17H2,1-3H3;3-8,18H,9,17H2,1-2H3;3-9,17H,10,16H2,1-2H3;2*3-9,16-17H,10H2,1-2H3. The summed E-state index contributed by atoms with van der Waals surface area (Å²) in [5, 5.41) is 32.6. The van der Waals surface area contributed by atoms with Gasteiger partial charge in [-0.05, 0) is 319 Å². The van der Waals surface area contributed by atoms with E-state index in [-0.39, 0.29) is 0 Å². The third-order valence-corrected chi connectivity index (χ3v) is 26.2. The number of phenolic OH excluding ortho intramolecular Hbond substituents is 2. The number of aryl methyl sites for hydroxylation is 6. The van der Waals surface area contributed by atoms with E-state index in [1.54, 1.807) is 82.7 Å². The molecular weight excluding hydrogens is 1720 g/mol. The van der Waals surface area contributed by atoms with Crippen LogP contribution in [-0.2, 0) is 39.3 Å². The quantitative estimate of drug-likeness (QED) is 0.0202. The number of anilines is 4. The van der Waals surface area contributed by atoms with Crippen molar-refractivity contribution in [2.45, 2.75) is 140 Å². The van der Waals surface area contributed by atoms with Gasteiger partial charge < -0.3 is 64.2 Å². The fourth-order valence-electron chi connectivity index (χ4n) is 11.1. The summed E-state index contributed by atoms with van der Waals surface area (Å²) < 4.78 is 2.50. The first-order valence-electron chi connectivity index (χ1n) is 36.6. The summed E-state index contributed by atoms with van der Waals surface area (Å²) in [5.74, 6) is 0.693. The van der Waals surface area contributed by atoms with Crippen molar-refractivity contribution in [3.63, 3.8) is 0 Å². The van der Waals surface area contributed by atoms with Crippen molar-refractivity contribution in [2.24, 2.45) is 0 Å². The van der Waals surface area contributed by atoms with Crippen LogP contribution in [0.4, 0.5) is 22.7 Å². The van der Waals surface area contributed by atoms with E-state index in [9.17, 15) is 10.2 Å². The minimum atomic E-state index is 0.347. The number of benzene rings is 12. The molecule has 12 aromatic carbocycles. The maximum atomic E-state index is 9.94. The molecule has 0 atom stereocenters. The number of nitrogens with zero attached hydrogens (tertiary/aromatic N) is 2. The lowest BCUT2D eigenvalue weighted by molar-refractivity contribution is 0.399. The highest BCUT2D eigenvalue weighted by atomic mass is 127. The molecule has 0 amide bonds. The lowest BCUT2D eigenvalue weighted by Crippen LogP contribution is -2.11. The van der Waals surface area contributed by atoms with Gasteiger partial charge in [0.15, 0.2) is 0 Å². The average Bonchev–Trinajstić information content (AvgIpc) is 0.853. The lowest BCUT2D eigenvalue weighted by atomic mass is 10.2. The molecule has 0 unspecified atom stereocenters. The summed E-state index contributed by atoms with van der Waals surface area (Å²) in [7, 11) is 16.1. The molecule has 0 saturated heterocycles. The highest BCUT2D eigenvalue weighted by Gasteiger charge is 2.15. The zero-order chi connectivity index (χ0) is 81.2. The Kier molecular flexibility index (Phi) is 39.6.